The fourth-order valence-electron chi connectivity index (χ4n) is 4.25. The highest BCUT2D eigenvalue weighted by Gasteiger charge is 2.43. The average molecular weight is 269 g/mol. The van der Waals surface area contributed by atoms with Gasteiger partial charge in [-0.1, -0.05) is 39.0 Å². The molecular weight excluding hydrogens is 246 g/mol. The maximum absolute atomic E-state index is 11.3. The van der Waals surface area contributed by atoms with Gasteiger partial charge in [0.1, 0.15) is 0 Å². The summed E-state index contributed by atoms with van der Waals surface area (Å²) in [5, 5.41) is 13.6. The number of fused-ring (bicyclic) bond motifs is 1. The highest BCUT2D eigenvalue weighted by Crippen LogP contribution is 2.49. The van der Waals surface area contributed by atoms with Crippen molar-refractivity contribution in [3.8, 4) is 0 Å². The third kappa shape index (κ3) is 2.33. The molecule has 0 saturated heterocycles. The van der Waals surface area contributed by atoms with Crippen LogP contribution in [-0.4, -0.2) is 10.1 Å². The number of hydrogen-bond acceptors (Lipinski definition) is 2. The van der Waals surface area contributed by atoms with Crippen LogP contribution in [-0.2, 0) is 5.60 Å². The van der Waals surface area contributed by atoms with E-state index in [0.717, 1.165) is 29.2 Å². The van der Waals surface area contributed by atoms with Crippen LogP contribution in [0.3, 0.4) is 0 Å². The highest BCUT2D eigenvalue weighted by molar-refractivity contribution is 5.85. The average Bonchev–Trinajstić information content (AvgIpc) is 2.35. The first-order chi connectivity index (χ1) is 9.40. The van der Waals surface area contributed by atoms with Gasteiger partial charge in [-0.25, -0.2) is 0 Å². The summed E-state index contributed by atoms with van der Waals surface area (Å²) in [6, 6.07) is 8.21. The smallest absolute Gasteiger partial charge is 0.0910 e. The van der Waals surface area contributed by atoms with Gasteiger partial charge in [-0.2, -0.15) is 0 Å². The van der Waals surface area contributed by atoms with E-state index in [1.807, 2.05) is 24.5 Å². The van der Waals surface area contributed by atoms with Crippen LogP contribution in [0.1, 0.15) is 45.6 Å². The molecule has 0 spiro atoms. The Morgan fingerprint density at radius 2 is 2.00 bits per heavy atom. The van der Waals surface area contributed by atoms with Crippen LogP contribution >= 0.6 is 0 Å². The zero-order valence-electron chi connectivity index (χ0n) is 12.6. The van der Waals surface area contributed by atoms with Crippen LogP contribution in [0, 0.1) is 11.3 Å². The minimum absolute atomic E-state index is 0.177. The molecule has 1 saturated carbocycles. The Bertz CT molecular complexity index is 629. The van der Waals surface area contributed by atoms with E-state index in [0.29, 0.717) is 5.92 Å². The Kier molecular flexibility index (Phi) is 3.09. The van der Waals surface area contributed by atoms with Crippen LogP contribution in [0.2, 0.25) is 0 Å². The second kappa shape index (κ2) is 4.56. The van der Waals surface area contributed by atoms with Gasteiger partial charge >= 0.3 is 0 Å². The van der Waals surface area contributed by atoms with Crippen molar-refractivity contribution in [2.45, 2.75) is 45.6 Å². The van der Waals surface area contributed by atoms with Gasteiger partial charge in [-0.05, 0) is 47.6 Å². The highest BCUT2D eigenvalue weighted by atomic mass is 16.3. The Labute approximate surface area is 120 Å². The molecule has 1 aliphatic rings. The molecule has 0 bridgehead atoms. The SMILES string of the molecule is CC1CC(C)(C)CC(O)(c2cccc3ccncc23)C1. The summed E-state index contributed by atoms with van der Waals surface area (Å²) in [5.74, 6) is 0.538. The van der Waals surface area contributed by atoms with E-state index in [2.05, 4.69) is 37.9 Å². The van der Waals surface area contributed by atoms with Crippen LogP contribution < -0.4 is 0 Å². The number of aliphatic hydroxyl groups is 1. The van der Waals surface area contributed by atoms with Gasteiger partial charge in [0.15, 0.2) is 0 Å². The van der Waals surface area contributed by atoms with Crippen molar-refractivity contribution in [2.75, 3.05) is 0 Å². The summed E-state index contributed by atoms with van der Waals surface area (Å²) in [6.45, 7) is 6.77. The van der Waals surface area contributed by atoms with E-state index in [4.69, 9.17) is 0 Å². The van der Waals surface area contributed by atoms with Gasteiger partial charge in [-0.15, -0.1) is 0 Å². The molecule has 1 aromatic carbocycles. The summed E-state index contributed by atoms with van der Waals surface area (Å²) in [7, 11) is 0. The van der Waals surface area contributed by atoms with Crippen molar-refractivity contribution in [3.05, 3.63) is 42.2 Å². The van der Waals surface area contributed by atoms with Crippen molar-refractivity contribution in [3.63, 3.8) is 0 Å². The first-order valence-electron chi connectivity index (χ1n) is 7.45. The topological polar surface area (TPSA) is 33.1 Å². The molecule has 2 aromatic rings. The molecule has 106 valence electrons. The van der Waals surface area contributed by atoms with Gasteiger partial charge in [0.25, 0.3) is 0 Å². The van der Waals surface area contributed by atoms with Crippen LogP contribution in [0.4, 0.5) is 0 Å². The van der Waals surface area contributed by atoms with Gasteiger partial charge in [-0.3, -0.25) is 4.98 Å². The Balaban J connectivity index is 2.14. The van der Waals surface area contributed by atoms with E-state index >= 15 is 0 Å². The molecule has 0 aliphatic heterocycles. The first-order valence-corrected chi connectivity index (χ1v) is 7.45. The van der Waals surface area contributed by atoms with Crippen molar-refractivity contribution in [2.24, 2.45) is 11.3 Å². The van der Waals surface area contributed by atoms with E-state index in [9.17, 15) is 5.11 Å². The first kappa shape index (κ1) is 13.6. The van der Waals surface area contributed by atoms with Crippen molar-refractivity contribution in [1.82, 2.24) is 4.98 Å². The number of benzene rings is 1. The van der Waals surface area contributed by atoms with Crippen molar-refractivity contribution < 1.29 is 5.11 Å². The molecule has 1 aromatic heterocycles. The van der Waals surface area contributed by atoms with E-state index in [-0.39, 0.29) is 5.41 Å². The molecule has 1 N–H and O–H groups in total. The minimum atomic E-state index is -0.732. The lowest BCUT2D eigenvalue weighted by atomic mass is 9.63. The quantitative estimate of drug-likeness (QED) is 0.838. The van der Waals surface area contributed by atoms with Crippen LogP contribution in [0.15, 0.2) is 36.7 Å². The Morgan fingerprint density at radius 1 is 1.20 bits per heavy atom. The van der Waals surface area contributed by atoms with Gasteiger partial charge in [0.2, 0.25) is 0 Å². The fraction of sp³-hybridized carbons (Fsp3) is 0.500. The molecule has 3 rings (SSSR count). The third-order valence-electron chi connectivity index (χ3n) is 4.54. The predicted molar refractivity (Wildman–Crippen MR) is 82.4 cm³/mol. The molecule has 2 unspecified atom stereocenters. The van der Waals surface area contributed by atoms with Crippen LogP contribution in [0.5, 0.6) is 0 Å². The van der Waals surface area contributed by atoms with Gasteiger partial charge in [0, 0.05) is 17.8 Å². The largest absolute Gasteiger partial charge is 0.385 e. The number of aromatic nitrogens is 1. The fourth-order valence-corrected chi connectivity index (χ4v) is 4.25. The number of hydrogen-bond donors (Lipinski definition) is 1. The van der Waals surface area contributed by atoms with Gasteiger partial charge in [0.05, 0.1) is 5.60 Å². The summed E-state index contributed by atoms with van der Waals surface area (Å²) in [5.41, 5.74) is 0.489. The van der Waals surface area contributed by atoms with E-state index in [1.165, 1.54) is 6.42 Å². The van der Waals surface area contributed by atoms with E-state index < -0.39 is 5.60 Å². The molecule has 0 amide bonds. The number of nitrogens with zero attached hydrogens (tertiary/aromatic N) is 1. The lowest BCUT2D eigenvalue weighted by Gasteiger charge is -2.45. The lowest BCUT2D eigenvalue weighted by Crippen LogP contribution is -2.40. The predicted octanol–water partition coefficient (Wildman–Crippen LogP) is 4.27. The molecule has 0 radical (unpaired) electrons. The Morgan fingerprint density at radius 3 is 2.75 bits per heavy atom. The van der Waals surface area contributed by atoms with E-state index in [1.54, 1.807) is 0 Å². The molecule has 2 atom stereocenters. The zero-order valence-corrected chi connectivity index (χ0v) is 12.6. The standard InChI is InChI=1S/C18H23NO/c1-13-9-17(2,3)12-18(20,10-13)16-6-4-5-14-7-8-19-11-15(14)16/h4-8,11,13,20H,9-10,12H2,1-3H3. The molecular formula is C18H23NO. The summed E-state index contributed by atoms with van der Waals surface area (Å²) >= 11 is 0. The molecule has 1 aliphatic carbocycles. The van der Waals surface area contributed by atoms with Crippen molar-refractivity contribution in [1.29, 1.82) is 0 Å². The minimum Gasteiger partial charge on any atom is -0.385 e. The van der Waals surface area contributed by atoms with Crippen LogP contribution in [0.25, 0.3) is 10.8 Å². The summed E-state index contributed by atoms with van der Waals surface area (Å²) < 4.78 is 0. The van der Waals surface area contributed by atoms with Crippen molar-refractivity contribution >= 4 is 10.8 Å². The third-order valence-corrected chi connectivity index (χ3v) is 4.54. The maximum atomic E-state index is 11.3. The molecule has 20 heavy (non-hydrogen) atoms. The molecule has 1 heterocycles. The summed E-state index contributed by atoms with van der Waals surface area (Å²) in [4.78, 5) is 4.24. The Hall–Kier alpha value is -1.41. The van der Waals surface area contributed by atoms with Gasteiger partial charge < -0.3 is 5.11 Å². The monoisotopic (exact) mass is 269 g/mol. The number of pyridine rings is 1. The lowest BCUT2D eigenvalue weighted by molar-refractivity contribution is -0.0624. The normalized spacial score (nSPS) is 29.5. The zero-order chi connectivity index (χ0) is 14.4. The molecule has 1 fully saturated rings. The second-order valence-corrected chi connectivity index (χ2v) is 7.29. The summed E-state index contributed by atoms with van der Waals surface area (Å²) in [6.07, 6.45) is 6.53. The molecule has 2 heteroatoms. The number of rotatable bonds is 1. The maximum Gasteiger partial charge on any atom is 0.0910 e. The second-order valence-electron chi connectivity index (χ2n) is 7.29. The molecule has 2 nitrogen and oxygen atoms in total.